The maximum atomic E-state index is 11.9. The Kier molecular flexibility index (Phi) is 6.95. The van der Waals surface area contributed by atoms with Crippen LogP contribution in [0.4, 0.5) is 0 Å². The van der Waals surface area contributed by atoms with Crippen molar-refractivity contribution in [3.8, 4) is 11.5 Å². The quantitative estimate of drug-likeness (QED) is 0.614. The number of hydrogen-bond acceptors (Lipinski definition) is 5. The van der Waals surface area contributed by atoms with E-state index in [0.717, 1.165) is 5.56 Å². The highest BCUT2D eigenvalue weighted by Gasteiger charge is 2.09. The highest BCUT2D eigenvalue weighted by Crippen LogP contribution is 2.27. The van der Waals surface area contributed by atoms with Gasteiger partial charge in [-0.15, -0.1) is 0 Å². The van der Waals surface area contributed by atoms with Crippen molar-refractivity contribution in [3.05, 3.63) is 35.5 Å². The van der Waals surface area contributed by atoms with E-state index >= 15 is 0 Å². The van der Waals surface area contributed by atoms with Crippen LogP contribution in [0.3, 0.4) is 0 Å². The van der Waals surface area contributed by atoms with Crippen molar-refractivity contribution in [1.82, 2.24) is 5.32 Å². The molecule has 1 aromatic rings. The van der Waals surface area contributed by atoms with E-state index in [1.54, 1.807) is 39.2 Å². The Hall–Kier alpha value is -2.50. The minimum atomic E-state index is -0.480. The van der Waals surface area contributed by atoms with Gasteiger partial charge in [0.15, 0.2) is 11.5 Å². The fourth-order valence-corrected chi connectivity index (χ4v) is 1.84. The molecule has 1 N–H and O–H groups in total. The highest BCUT2D eigenvalue weighted by molar-refractivity contribution is 5.85. The monoisotopic (exact) mass is 307 g/mol. The van der Waals surface area contributed by atoms with Gasteiger partial charge in [0.05, 0.1) is 27.2 Å². The molecule has 22 heavy (non-hydrogen) atoms. The number of ether oxygens (including phenoxy) is 3. The van der Waals surface area contributed by atoms with Gasteiger partial charge in [0.2, 0.25) is 5.91 Å². The minimum Gasteiger partial charge on any atom is -0.493 e. The van der Waals surface area contributed by atoms with Crippen molar-refractivity contribution in [3.63, 3.8) is 0 Å². The van der Waals surface area contributed by atoms with Crippen LogP contribution in [-0.4, -0.2) is 32.7 Å². The smallest absolute Gasteiger partial charge is 0.332 e. The van der Waals surface area contributed by atoms with Crippen LogP contribution in [0.25, 0.3) is 0 Å². The topological polar surface area (TPSA) is 73.9 Å². The summed E-state index contributed by atoms with van der Waals surface area (Å²) < 4.78 is 15.1. The first-order valence-corrected chi connectivity index (χ1v) is 6.86. The Bertz CT molecular complexity index is 566. The molecule has 0 aliphatic heterocycles. The third-order valence-corrected chi connectivity index (χ3v) is 2.77. The molecule has 0 spiro atoms. The predicted octanol–water partition coefficient (Wildman–Crippen LogP) is 1.83. The van der Waals surface area contributed by atoms with Gasteiger partial charge < -0.3 is 19.5 Å². The summed E-state index contributed by atoms with van der Waals surface area (Å²) in [4.78, 5) is 23.2. The molecular weight excluding hydrogens is 286 g/mol. The van der Waals surface area contributed by atoms with Crippen LogP contribution in [0.1, 0.15) is 19.4 Å². The SMILES string of the molecule is CCOC(=O)C=C(C)NC(=O)Cc1ccc(OC)c(OC)c1. The summed E-state index contributed by atoms with van der Waals surface area (Å²) in [5.41, 5.74) is 1.21. The molecule has 0 heterocycles. The number of esters is 1. The number of carbonyl (C=O) groups excluding carboxylic acids is 2. The van der Waals surface area contributed by atoms with Gasteiger partial charge in [0.1, 0.15) is 0 Å². The van der Waals surface area contributed by atoms with E-state index in [1.807, 2.05) is 0 Å². The lowest BCUT2D eigenvalue weighted by atomic mass is 10.1. The Morgan fingerprint density at radius 2 is 1.86 bits per heavy atom. The van der Waals surface area contributed by atoms with Crippen LogP contribution >= 0.6 is 0 Å². The second-order valence-electron chi connectivity index (χ2n) is 4.49. The first-order valence-electron chi connectivity index (χ1n) is 6.86. The number of benzene rings is 1. The molecule has 1 amide bonds. The first kappa shape index (κ1) is 17.6. The van der Waals surface area contributed by atoms with Crippen molar-refractivity contribution in [2.75, 3.05) is 20.8 Å². The van der Waals surface area contributed by atoms with E-state index in [4.69, 9.17) is 14.2 Å². The molecule has 120 valence electrons. The van der Waals surface area contributed by atoms with Gasteiger partial charge in [-0.1, -0.05) is 6.07 Å². The van der Waals surface area contributed by atoms with Crippen LogP contribution in [0, 0.1) is 0 Å². The average Bonchev–Trinajstić information content (AvgIpc) is 2.46. The normalized spacial score (nSPS) is 10.8. The summed E-state index contributed by atoms with van der Waals surface area (Å²) in [7, 11) is 3.09. The number of nitrogens with one attached hydrogen (secondary N) is 1. The molecule has 0 unspecified atom stereocenters. The van der Waals surface area contributed by atoms with Gasteiger partial charge in [-0.3, -0.25) is 4.79 Å². The number of rotatable bonds is 7. The van der Waals surface area contributed by atoms with Crippen molar-refractivity contribution in [2.45, 2.75) is 20.3 Å². The maximum Gasteiger partial charge on any atom is 0.332 e. The third-order valence-electron chi connectivity index (χ3n) is 2.77. The summed E-state index contributed by atoms with van der Waals surface area (Å²) in [6, 6.07) is 5.26. The Balaban J connectivity index is 2.67. The van der Waals surface area contributed by atoms with E-state index in [9.17, 15) is 9.59 Å². The Morgan fingerprint density at radius 3 is 2.45 bits per heavy atom. The minimum absolute atomic E-state index is 0.161. The Labute approximate surface area is 130 Å². The summed E-state index contributed by atoms with van der Waals surface area (Å²) in [5, 5.41) is 2.63. The first-order chi connectivity index (χ1) is 10.5. The second-order valence-corrected chi connectivity index (χ2v) is 4.49. The summed E-state index contributed by atoms with van der Waals surface area (Å²) in [6.07, 6.45) is 1.41. The highest BCUT2D eigenvalue weighted by atomic mass is 16.5. The van der Waals surface area contributed by atoms with Crippen molar-refractivity contribution >= 4 is 11.9 Å². The standard InChI is InChI=1S/C16H21NO5/c1-5-22-16(19)8-11(2)17-15(18)10-12-6-7-13(20-3)14(9-12)21-4/h6-9H,5,10H2,1-4H3,(H,17,18). The summed E-state index contributed by atoms with van der Waals surface area (Å²) in [6.45, 7) is 3.64. The number of hydrogen-bond donors (Lipinski definition) is 1. The van der Waals surface area contributed by atoms with E-state index < -0.39 is 5.97 Å². The lowest BCUT2D eigenvalue weighted by molar-refractivity contribution is -0.137. The Morgan fingerprint density at radius 1 is 1.18 bits per heavy atom. The van der Waals surface area contributed by atoms with Crippen LogP contribution < -0.4 is 14.8 Å². The number of methoxy groups -OCH3 is 2. The van der Waals surface area contributed by atoms with Gasteiger partial charge in [0, 0.05) is 11.8 Å². The molecular formula is C16H21NO5. The lowest BCUT2D eigenvalue weighted by Gasteiger charge is -2.10. The zero-order valence-corrected chi connectivity index (χ0v) is 13.3. The molecule has 1 rings (SSSR count). The molecule has 1 aromatic carbocycles. The van der Waals surface area contributed by atoms with Crippen molar-refractivity contribution in [2.24, 2.45) is 0 Å². The van der Waals surface area contributed by atoms with Crippen LogP contribution in [0.15, 0.2) is 30.0 Å². The molecule has 0 atom stereocenters. The molecule has 0 saturated carbocycles. The van der Waals surface area contributed by atoms with Gasteiger partial charge in [0.25, 0.3) is 0 Å². The molecule has 0 radical (unpaired) electrons. The van der Waals surface area contributed by atoms with Gasteiger partial charge in [-0.05, 0) is 31.5 Å². The molecule has 0 fully saturated rings. The summed E-state index contributed by atoms with van der Waals surface area (Å²) in [5.74, 6) is 0.452. The van der Waals surface area contributed by atoms with Gasteiger partial charge in [-0.2, -0.15) is 0 Å². The molecule has 6 heteroatoms. The number of carbonyl (C=O) groups is 2. The van der Waals surface area contributed by atoms with Gasteiger partial charge >= 0.3 is 5.97 Å². The summed E-state index contributed by atoms with van der Waals surface area (Å²) >= 11 is 0. The molecule has 0 aliphatic carbocycles. The fourth-order valence-electron chi connectivity index (χ4n) is 1.84. The third kappa shape index (κ3) is 5.47. The molecule has 0 aliphatic rings. The lowest BCUT2D eigenvalue weighted by Crippen LogP contribution is -2.24. The largest absolute Gasteiger partial charge is 0.493 e. The molecule has 0 saturated heterocycles. The zero-order valence-electron chi connectivity index (χ0n) is 13.3. The zero-order chi connectivity index (χ0) is 16.5. The molecule has 6 nitrogen and oxygen atoms in total. The van der Waals surface area contributed by atoms with Gasteiger partial charge in [-0.25, -0.2) is 4.79 Å². The van der Waals surface area contributed by atoms with E-state index in [0.29, 0.717) is 23.8 Å². The van der Waals surface area contributed by atoms with Crippen LogP contribution in [0.2, 0.25) is 0 Å². The van der Waals surface area contributed by atoms with Crippen molar-refractivity contribution in [1.29, 1.82) is 0 Å². The van der Waals surface area contributed by atoms with E-state index in [-0.39, 0.29) is 12.3 Å². The second kappa shape index (κ2) is 8.71. The van der Waals surface area contributed by atoms with E-state index in [2.05, 4.69) is 5.32 Å². The van der Waals surface area contributed by atoms with Crippen LogP contribution in [-0.2, 0) is 20.7 Å². The number of amides is 1. The average molecular weight is 307 g/mol. The van der Waals surface area contributed by atoms with Crippen molar-refractivity contribution < 1.29 is 23.8 Å². The number of allylic oxidation sites excluding steroid dienone is 1. The molecule has 0 bridgehead atoms. The molecule has 0 aromatic heterocycles. The predicted molar refractivity (Wildman–Crippen MR) is 81.8 cm³/mol. The maximum absolute atomic E-state index is 11.9. The van der Waals surface area contributed by atoms with Crippen LogP contribution in [0.5, 0.6) is 11.5 Å². The van der Waals surface area contributed by atoms with E-state index in [1.165, 1.54) is 13.2 Å². The fraction of sp³-hybridized carbons (Fsp3) is 0.375.